The van der Waals surface area contributed by atoms with Gasteiger partial charge in [-0.05, 0) is 51.0 Å². The zero-order valence-corrected chi connectivity index (χ0v) is 29.1. The number of nitrogens with zero attached hydrogens (tertiary/aromatic N) is 4. The fourth-order valence-corrected chi connectivity index (χ4v) is 8.44. The number of aliphatic hydroxyl groups excluding tert-OH is 4. The minimum Gasteiger partial charge on any atom is -0.482 e. The smallest absolute Gasteiger partial charge is 0.193 e. The van der Waals surface area contributed by atoms with Gasteiger partial charge in [0.2, 0.25) is 0 Å². The average Bonchev–Trinajstić information content (AvgIpc) is 3.96. The average molecular weight is 717 g/mol. The van der Waals surface area contributed by atoms with E-state index in [1.807, 2.05) is 24.1 Å². The first-order valence-electron chi connectivity index (χ1n) is 17.9. The Bertz CT molecular complexity index is 2000. The van der Waals surface area contributed by atoms with Crippen LogP contribution in [0.1, 0.15) is 43.9 Å². The molecule has 0 bridgehead atoms. The van der Waals surface area contributed by atoms with E-state index in [4.69, 9.17) is 18.9 Å². The van der Waals surface area contributed by atoms with Crippen LogP contribution in [0, 0.1) is 12.8 Å². The molecule has 1 aromatic carbocycles. The van der Waals surface area contributed by atoms with Crippen LogP contribution in [0.25, 0.3) is 11.0 Å². The van der Waals surface area contributed by atoms with Crippen molar-refractivity contribution in [3.05, 3.63) is 82.3 Å². The van der Waals surface area contributed by atoms with Crippen LogP contribution in [0.5, 0.6) is 5.75 Å². The molecule has 276 valence electrons. The van der Waals surface area contributed by atoms with Crippen LogP contribution in [0.15, 0.2) is 79.9 Å². The largest absolute Gasteiger partial charge is 0.482 e. The first-order chi connectivity index (χ1) is 25.0. The first-order valence-corrected chi connectivity index (χ1v) is 17.9. The number of aliphatic hydroxyl groups is 5. The summed E-state index contributed by atoms with van der Waals surface area (Å²) >= 11 is 0. The number of benzene rings is 1. The summed E-state index contributed by atoms with van der Waals surface area (Å²) in [7, 11) is 0. The van der Waals surface area contributed by atoms with Gasteiger partial charge in [0, 0.05) is 54.3 Å². The summed E-state index contributed by atoms with van der Waals surface area (Å²) in [4.78, 5) is 37.7. The summed E-state index contributed by atoms with van der Waals surface area (Å²) in [6.45, 7) is 2.48. The number of fused-ring (bicyclic) bond motifs is 4. The monoisotopic (exact) mass is 716 g/mol. The number of allylic oxidation sites excluding steroid dienone is 1. The molecule has 14 heteroatoms. The van der Waals surface area contributed by atoms with Crippen molar-refractivity contribution in [3.8, 4) is 5.75 Å². The van der Waals surface area contributed by atoms with Gasteiger partial charge in [0.15, 0.2) is 16.8 Å². The Kier molecular flexibility index (Phi) is 8.97. The molecule has 1 saturated carbocycles. The Hall–Kier alpha value is -4.15. The predicted molar refractivity (Wildman–Crippen MR) is 191 cm³/mol. The third-order valence-corrected chi connectivity index (χ3v) is 11.5. The maximum atomic E-state index is 13.4. The lowest BCUT2D eigenvalue weighted by molar-refractivity contribution is -0.368. The maximum absolute atomic E-state index is 13.4. The third kappa shape index (κ3) is 5.82. The molecule has 0 amide bonds. The summed E-state index contributed by atoms with van der Waals surface area (Å²) in [5.74, 6) is 1.16. The number of rotatable bonds is 12. The molecule has 5 aliphatic heterocycles. The highest BCUT2D eigenvalue weighted by Crippen LogP contribution is 2.51. The summed E-state index contributed by atoms with van der Waals surface area (Å²) in [6, 6.07) is 2.93. The van der Waals surface area contributed by atoms with Gasteiger partial charge >= 0.3 is 0 Å². The molecule has 0 saturated heterocycles. The molecule has 7 unspecified atom stereocenters. The van der Waals surface area contributed by atoms with E-state index in [0.29, 0.717) is 41.1 Å². The quantitative estimate of drug-likeness (QED) is 0.159. The zero-order valence-electron chi connectivity index (χ0n) is 29.1. The van der Waals surface area contributed by atoms with Crippen molar-refractivity contribution in [3.63, 3.8) is 0 Å². The predicted octanol–water partition coefficient (Wildman–Crippen LogP) is 1.95. The Labute approximate surface area is 299 Å². The van der Waals surface area contributed by atoms with Gasteiger partial charge in [0.1, 0.15) is 53.7 Å². The topological polar surface area (TPSA) is 190 Å². The van der Waals surface area contributed by atoms with E-state index >= 15 is 0 Å². The molecule has 0 radical (unpaired) electrons. The molecule has 1 fully saturated rings. The molecule has 8 rings (SSSR count). The standard InChI is InChI=1S/C38H44N4O10/c1-21-13-29(44)25-14-23-15-32(52-49-19-31(46)38(48,36(47)30(45)18-43)20-41-12-9-26-28(41)8-11-39-26)37(2,24-5-3-4-6-24)51-34(23)33(35(25)50-21)42-16-22-7-10-40-27(22)17-42/h7-14,16,24,28,30-32,36,43,45-48H,3-6,15,17-20H2,1-2H3. The molecule has 52 heavy (non-hydrogen) atoms. The molecular weight excluding hydrogens is 672 g/mol. The van der Waals surface area contributed by atoms with E-state index in [1.54, 1.807) is 48.6 Å². The van der Waals surface area contributed by atoms with Crippen molar-refractivity contribution in [2.45, 2.75) is 87.6 Å². The van der Waals surface area contributed by atoms with Gasteiger partial charge < -0.3 is 44.5 Å². The SMILES string of the molecule is Cc1cc(=O)c2cc3c(c(N4C=C5C=CN=C5C4)c2o1)OC(C)(C1CCCC1)C(OOCC(O)C(O)(CN1C=CC2=NC=CC21)C(O)C(O)CO)C3. The number of β-amino-alcohol motifs (C(OH)–C–C–N with tert-alkyl or cyclic N) is 1. The molecule has 6 heterocycles. The Balaban J connectivity index is 1.09. The van der Waals surface area contributed by atoms with Crippen molar-refractivity contribution >= 4 is 28.1 Å². The number of anilines is 1. The van der Waals surface area contributed by atoms with Gasteiger partial charge in [0.25, 0.3) is 0 Å². The lowest BCUT2D eigenvalue weighted by Crippen LogP contribution is -2.64. The maximum Gasteiger partial charge on any atom is 0.193 e. The molecule has 7 atom stereocenters. The molecular formula is C38H44N4O10. The summed E-state index contributed by atoms with van der Waals surface area (Å²) in [5, 5.41) is 54.5. The van der Waals surface area contributed by atoms with E-state index in [0.717, 1.165) is 48.2 Å². The normalized spacial score (nSPS) is 27.6. The Morgan fingerprint density at radius 3 is 2.71 bits per heavy atom. The lowest BCUT2D eigenvalue weighted by atomic mass is 9.78. The Morgan fingerprint density at radius 2 is 1.94 bits per heavy atom. The number of hydrogen-bond acceptors (Lipinski definition) is 14. The molecule has 5 N–H and O–H groups in total. The molecule has 6 aliphatic rings. The number of ether oxygens (including phenoxy) is 1. The van der Waals surface area contributed by atoms with Gasteiger partial charge in [-0.2, -0.15) is 0 Å². The van der Waals surface area contributed by atoms with Crippen molar-refractivity contribution in [2.24, 2.45) is 15.9 Å². The van der Waals surface area contributed by atoms with Crippen LogP contribution in [0.4, 0.5) is 5.69 Å². The second-order valence-corrected chi connectivity index (χ2v) is 14.8. The van der Waals surface area contributed by atoms with E-state index < -0.39 is 48.8 Å². The lowest BCUT2D eigenvalue weighted by Gasteiger charge is -2.46. The van der Waals surface area contributed by atoms with Crippen LogP contribution >= 0.6 is 0 Å². The van der Waals surface area contributed by atoms with Crippen LogP contribution in [0.3, 0.4) is 0 Å². The van der Waals surface area contributed by atoms with Gasteiger partial charge in [0.05, 0.1) is 42.5 Å². The zero-order chi connectivity index (χ0) is 36.4. The van der Waals surface area contributed by atoms with Gasteiger partial charge in [-0.25, -0.2) is 9.78 Å². The molecule has 1 aliphatic carbocycles. The van der Waals surface area contributed by atoms with Crippen molar-refractivity contribution in [2.75, 3.05) is 31.2 Å². The summed E-state index contributed by atoms with van der Waals surface area (Å²) in [6.07, 6.45) is 10.6. The van der Waals surface area contributed by atoms with Crippen molar-refractivity contribution in [1.82, 2.24) is 4.90 Å². The van der Waals surface area contributed by atoms with Crippen molar-refractivity contribution < 1.29 is 44.5 Å². The van der Waals surface area contributed by atoms with Crippen LogP contribution < -0.4 is 15.1 Å². The fourth-order valence-electron chi connectivity index (χ4n) is 8.44. The molecule has 2 aromatic rings. The van der Waals surface area contributed by atoms with E-state index in [-0.39, 0.29) is 23.9 Å². The van der Waals surface area contributed by atoms with Gasteiger partial charge in [-0.1, -0.05) is 12.8 Å². The third-order valence-electron chi connectivity index (χ3n) is 11.5. The highest BCUT2D eigenvalue weighted by Gasteiger charge is 2.52. The number of aryl methyl sites for hydroxylation is 1. The summed E-state index contributed by atoms with van der Waals surface area (Å²) < 4.78 is 13.3. The second-order valence-electron chi connectivity index (χ2n) is 14.8. The van der Waals surface area contributed by atoms with Crippen LogP contribution in [-0.4, -0.2) is 110 Å². The fraction of sp³-hybridized carbons (Fsp3) is 0.500. The van der Waals surface area contributed by atoms with Gasteiger partial charge in [-0.3, -0.25) is 14.8 Å². The molecule has 0 spiro atoms. The highest BCUT2D eigenvalue weighted by molar-refractivity contribution is 6.12. The van der Waals surface area contributed by atoms with Gasteiger partial charge in [-0.15, -0.1) is 0 Å². The number of hydrogen-bond donors (Lipinski definition) is 5. The Morgan fingerprint density at radius 1 is 1.13 bits per heavy atom. The van der Waals surface area contributed by atoms with E-state index in [9.17, 15) is 30.3 Å². The second kappa shape index (κ2) is 13.4. The van der Waals surface area contributed by atoms with Crippen LogP contribution in [-0.2, 0) is 16.2 Å². The number of aliphatic imine (C=N–C) groups is 2. The van der Waals surface area contributed by atoms with E-state index in [2.05, 4.69) is 9.98 Å². The summed E-state index contributed by atoms with van der Waals surface area (Å²) in [5.41, 5.74) is 0.975. The van der Waals surface area contributed by atoms with Crippen molar-refractivity contribution in [1.29, 1.82) is 0 Å². The molecule has 14 nitrogen and oxygen atoms in total. The van der Waals surface area contributed by atoms with Crippen LogP contribution in [0.2, 0.25) is 0 Å². The first kappa shape index (κ1) is 34.9. The highest BCUT2D eigenvalue weighted by atomic mass is 17.2. The molecule has 1 aromatic heterocycles. The minimum absolute atomic E-state index is 0.0894. The minimum atomic E-state index is -2.35. The van der Waals surface area contributed by atoms with E-state index in [1.165, 1.54) is 6.07 Å².